The van der Waals surface area contributed by atoms with Crippen LogP contribution in [-0.2, 0) is 9.59 Å². The fourth-order valence-corrected chi connectivity index (χ4v) is 2.14. The summed E-state index contributed by atoms with van der Waals surface area (Å²) in [6.07, 6.45) is 0.141. The van der Waals surface area contributed by atoms with Gasteiger partial charge < -0.3 is 15.0 Å². The first-order valence-electron chi connectivity index (χ1n) is 7.22. The van der Waals surface area contributed by atoms with Gasteiger partial charge >= 0.3 is 0 Å². The number of benzene rings is 1. The maximum Gasteiger partial charge on any atom is 0.240 e. The van der Waals surface area contributed by atoms with Crippen molar-refractivity contribution in [3.63, 3.8) is 0 Å². The standard InChI is InChI=1S/C16H22Cl2N2O3/c1-16(2,3)19-13(21)10-20(4)14(22)8-9-23-12-7-5-6-11(17)15(12)18/h5-7H,8-10H2,1-4H3,(H,19,21). The minimum atomic E-state index is -0.326. The number of ether oxygens (including phenoxy) is 1. The van der Waals surface area contributed by atoms with E-state index in [0.29, 0.717) is 15.8 Å². The molecule has 0 radical (unpaired) electrons. The van der Waals surface area contributed by atoms with E-state index < -0.39 is 0 Å². The predicted molar refractivity (Wildman–Crippen MR) is 92.1 cm³/mol. The minimum absolute atomic E-state index is 0.00796. The summed E-state index contributed by atoms with van der Waals surface area (Å²) in [6, 6.07) is 5.05. The van der Waals surface area contributed by atoms with E-state index in [1.807, 2.05) is 20.8 Å². The Morgan fingerprint density at radius 1 is 1.26 bits per heavy atom. The largest absolute Gasteiger partial charge is 0.491 e. The highest BCUT2D eigenvalue weighted by Gasteiger charge is 2.17. The number of carbonyl (C=O) groups is 2. The SMILES string of the molecule is CN(CC(=O)NC(C)(C)C)C(=O)CCOc1cccc(Cl)c1Cl. The Bertz CT molecular complexity index is 571. The van der Waals surface area contributed by atoms with E-state index in [9.17, 15) is 9.59 Å². The topological polar surface area (TPSA) is 58.6 Å². The molecule has 0 aliphatic carbocycles. The zero-order valence-corrected chi connectivity index (χ0v) is 15.3. The summed E-state index contributed by atoms with van der Waals surface area (Å²) >= 11 is 11.9. The third-order valence-electron chi connectivity index (χ3n) is 2.81. The number of carbonyl (C=O) groups excluding carboxylic acids is 2. The maximum absolute atomic E-state index is 12.0. The fourth-order valence-electron chi connectivity index (χ4n) is 1.80. The van der Waals surface area contributed by atoms with Crippen LogP contribution in [0.5, 0.6) is 5.75 Å². The Morgan fingerprint density at radius 3 is 2.52 bits per heavy atom. The average molecular weight is 361 g/mol. The molecule has 0 bridgehead atoms. The van der Waals surface area contributed by atoms with Crippen LogP contribution in [0, 0.1) is 0 Å². The molecule has 0 aliphatic rings. The van der Waals surface area contributed by atoms with E-state index in [0.717, 1.165) is 0 Å². The molecule has 1 aromatic carbocycles. The van der Waals surface area contributed by atoms with Gasteiger partial charge in [-0.3, -0.25) is 9.59 Å². The summed E-state index contributed by atoms with van der Waals surface area (Å²) in [4.78, 5) is 25.1. The lowest BCUT2D eigenvalue weighted by molar-refractivity contribution is -0.135. The van der Waals surface area contributed by atoms with Gasteiger partial charge in [-0.1, -0.05) is 29.3 Å². The van der Waals surface area contributed by atoms with Gasteiger partial charge in [0.25, 0.3) is 0 Å². The van der Waals surface area contributed by atoms with Gasteiger partial charge in [0.05, 0.1) is 24.6 Å². The molecule has 2 amide bonds. The molecule has 7 heteroatoms. The van der Waals surface area contributed by atoms with E-state index in [-0.39, 0.29) is 36.9 Å². The molecule has 0 saturated carbocycles. The highest BCUT2D eigenvalue weighted by Crippen LogP contribution is 2.31. The second-order valence-corrected chi connectivity index (χ2v) is 6.98. The molecular weight excluding hydrogens is 339 g/mol. The van der Waals surface area contributed by atoms with Crippen LogP contribution in [0.2, 0.25) is 10.0 Å². The van der Waals surface area contributed by atoms with Crippen LogP contribution in [-0.4, -0.2) is 42.5 Å². The van der Waals surface area contributed by atoms with E-state index in [1.54, 1.807) is 25.2 Å². The highest BCUT2D eigenvalue weighted by molar-refractivity contribution is 6.42. The summed E-state index contributed by atoms with van der Waals surface area (Å²) in [5.74, 6) is 0.0412. The van der Waals surface area contributed by atoms with Gasteiger partial charge in [-0.15, -0.1) is 0 Å². The van der Waals surface area contributed by atoms with Crippen LogP contribution in [0.4, 0.5) is 0 Å². The highest BCUT2D eigenvalue weighted by atomic mass is 35.5. The molecule has 0 fully saturated rings. The Labute approximate surface area is 146 Å². The lowest BCUT2D eigenvalue weighted by Gasteiger charge is -2.23. The minimum Gasteiger partial charge on any atom is -0.491 e. The summed E-state index contributed by atoms with van der Waals surface area (Å²) in [7, 11) is 1.58. The number of hydrogen-bond donors (Lipinski definition) is 1. The molecular formula is C16H22Cl2N2O3. The molecule has 0 saturated heterocycles. The van der Waals surface area contributed by atoms with Crippen LogP contribution in [0.1, 0.15) is 27.2 Å². The zero-order chi connectivity index (χ0) is 17.6. The van der Waals surface area contributed by atoms with Crippen molar-refractivity contribution in [3.8, 4) is 5.75 Å². The molecule has 0 aliphatic heterocycles. The van der Waals surface area contributed by atoms with Crippen molar-refractivity contribution in [1.82, 2.24) is 10.2 Å². The first-order chi connectivity index (χ1) is 10.6. The maximum atomic E-state index is 12.0. The Morgan fingerprint density at radius 2 is 1.91 bits per heavy atom. The number of likely N-dealkylation sites (N-methyl/N-ethyl adjacent to an activating group) is 1. The normalized spacial score (nSPS) is 11.0. The van der Waals surface area contributed by atoms with E-state index in [4.69, 9.17) is 27.9 Å². The molecule has 0 unspecified atom stereocenters. The molecule has 1 aromatic rings. The first-order valence-corrected chi connectivity index (χ1v) is 7.97. The van der Waals surface area contributed by atoms with Crippen LogP contribution >= 0.6 is 23.2 Å². The Kier molecular flexibility index (Phi) is 7.16. The number of amides is 2. The Hall–Kier alpha value is -1.46. The van der Waals surface area contributed by atoms with Gasteiger partial charge in [0.1, 0.15) is 10.8 Å². The summed E-state index contributed by atoms with van der Waals surface area (Å²) in [6.45, 7) is 5.82. The van der Waals surface area contributed by atoms with Gasteiger partial charge in [-0.2, -0.15) is 0 Å². The van der Waals surface area contributed by atoms with E-state index in [2.05, 4.69) is 5.32 Å². The Balaban J connectivity index is 2.41. The summed E-state index contributed by atoms with van der Waals surface area (Å²) < 4.78 is 5.46. The monoisotopic (exact) mass is 360 g/mol. The molecule has 23 heavy (non-hydrogen) atoms. The van der Waals surface area contributed by atoms with Gasteiger partial charge in [0, 0.05) is 12.6 Å². The fraction of sp³-hybridized carbons (Fsp3) is 0.500. The predicted octanol–water partition coefficient (Wildman–Crippen LogP) is 3.14. The lowest BCUT2D eigenvalue weighted by Crippen LogP contribution is -2.46. The molecule has 1 rings (SSSR count). The number of halogens is 2. The first kappa shape index (κ1) is 19.6. The second kappa shape index (κ2) is 8.41. The number of rotatable bonds is 6. The average Bonchev–Trinajstić information content (AvgIpc) is 2.41. The molecule has 0 heterocycles. The quantitative estimate of drug-likeness (QED) is 0.847. The van der Waals surface area contributed by atoms with E-state index >= 15 is 0 Å². The van der Waals surface area contributed by atoms with Crippen LogP contribution in [0.3, 0.4) is 0 Å². The second-order valence-electron chi connectivity index (χ2n) is 6.20. The third-order valence-corrected chi connectivity index (χ3v) is 3.61. The van der Waals surface area contributed by atoms with Crippen LogP contribution in [0.15, 0.2) is 18.2 Å². The van der Waals surface area contributed by atoms with E-state index in [1.165, 1.54) is 4.90 Å². The van der Waals surface area contributed by atoms with Crippen molar-refractivity contribution >= 4 is 35.0 Å². The molecule has 128 valence electrons. The molecule has 1 N–H and O–H groups in total. The van der Waals surface area contributed by atoms with Crippen molar-refractivity contribution in [2.75, 3.05) is 20.2 Å². The number of hydrogen-bond acceptors (Lipinski definition) is 3. The van der Waals surface area contributed by atoms with Gasteiger partial charge in [-0.05, 0) is 32.9 Å². The molecule has 0 aromatic heterocycles. The van der Waals surface area contributed by atoms with Gasteiger partial charge in [0.2, 0.25) is 11.8 Å². The van der Waals surface area contributed by atoms with Crippen molar-refractivity contribution in [3.05, 3.63) is 28.2 Å². The van der Waals surface area contributed by atoms with Crippen LogP contribution < -0.4 is 10.1 Å². The van der Waals surface area contributed by atoms with Gasteiger partial charge in [0.15, 0.2) is 0 Å². The van der Waals surface area contributed by atoms with Crippen molar-refractivity contribution < 1.29 is 14.3 Å². The van der Waals surface area contributed by atoms with Crippen molar-refractivity contribution in [2.45, 2.75) is 32.7 Å². The summed E-state index contributed by atoms with van der Waals surface area (Å²) in [5, 5.41) is 3.52. The third kappa shape index (κ3) is 7.10. The van der Waals surface area contributed by atoms with Crippen molar-refractivity contribution in [1.29, 1.82) is 0 Å². The lowest BCUT2D eigenvalue weighted by atomic mass is 10.1. The number of nitrogens with zero attached hydrogens (tertiary/aromatic N) is 1. The van der Waals surface area contributed by atoms with Gasteiger partial charge in [-0.25, -0.2) is 0 Å². The smallest absolute Gasteiger partial charge is 0.240 e. The zero-order valence-electron chi connectivity index (χ0n) is 13.8. The van der Waals surface area contributed by atoms with Crippen molar-refractivity contribution in [2.24, 2.45) is 0 Å². The molecule has 5 nitrogen and oxygen atoms in total. The number of nitrogens with one attached hydrogen (secondary N) is 1. The summed E-state index contributed by atoms with van der Waals surface area (Å²) in [5.41, 5.74) is -0.326. The molecule has 0 spiro atoms. The molecule has 0 atom stereocenters. The van der Waals surface area contributed by atoms with Crippen LogP contribution in [0.25, 0.3) is 0 Å².